The Morgan fingerprint density at radius 1 is 1.10 bits per heavy atom. The third kappa shape index (κ3) is 5.75. The second-order valence-electron chi connectivity index (χ2n) is 6.77. The average Bonchev–Trinajstić information content (AvgIpc) is 2.96. The Hall–Kier alpha value is -1.61. The topological polar surface area (TPSA) is 55.8 Å². The number of carbonyl (C=O) groups excluding carboxylic acids is 2. The fourth-order valence-corrected chi connectivity index (χ4v) is 5.17. The van der Waals surface area contributed by atoms with Gasteiger partial charge in [-0.15, -0.1) is 0 Å². The van der Waals surface area contributed by atoms with Crippen molar-refractivity contribution in [2.24, 2.45) is 0 Å². The third-order valence-corrected chi connectivity index (χ3v) is 6.51. The molecule has 0 saturated carbocycles. The minimum Gasteiger partial charge on any atom is -0.487 e. The second kappa shape index (κ2) is 10.6. The molecule has 0 N–H and O–H groups in total. The van der Waals surface area contributed by atoms with E-state index >= 15 is 0 Å². The zero-order valence-electron chi connectivity index (χ0n) is 16.6. The average molecular weight is 555 g/mol. The van der Waals surface area contributed by atoms with Crippen LogP contribution in [0.5, 0.6) is 5.75 Å². The van der Waals surface area contributed by atoms with Crippen LogP contribution in [0.15, 0.2) is 50.2 Å². The lowest BCUT2D eigenvalue weighted by Gasteiger charge is -2.12. The van der Waals surface area contributed by atoms with Gasteiger partial charge in [-0.25, -0.2) is 0 Å². The van der Waals surface area contributed by atoms with E-state index in [9.17, 15) is 9.59 Å². The number of halogens is 2. The fraction of sp³-hybridized carbons (Fsp3) is 0.273. The van der Waals surface area contributed by atoms with Gasteiger partial charge in [-0.2, -0.15) is 0 Å². The van der Waals surface area contributed by atoms with Gasteiger partial charge in [-0.05, 0) is 86.3 Å². The Balaban J connectivity index is 1.72. The fourth-order valence-electron chi connectivity index (χ4n) is 2.85. The highest BCUT2D eigenvalue weighted by Gasteiger charge is 2.34. The highest BCUT2D eigenvalue weighted by Crippen LogP contribution is 2.38. The predicted molar refractivity (Wildman–Crippen MR) is 127 cm³/mol. The van der Waals surface area contributed by atoms with Crippen LogP contribution in [0.3, 0.4) is 0 Å². The molecule has 0 unspecified atom stereocenters. The van der Waals surface area contributed by atoms with Crippen LogP contribution in [0, 0.1) is 6.92 Å². The summed E-state index contributed by atoms with van der Waals surface area (Å²) in [4.78, 5) is 26.4. The van der Waals surface area contributed by atoms with Crippen LogP contribution >= 0.6 is 43.6 Å². The highest BCUT2D eigenvalue weighted by atomic mass is 79.9. The summed E-state index contributed by atoms with van der Waals surface area (Å²) in [5.74, 6) is 0.411. The number of imide groups is 1. The third-order valence-electron chi connectivity index (χ3n) is 4.43. The first kappa shape index (κ1) is 23.1. The molecule has 0 spiro atoms. The normalized spacial score (nSPS) is 15.3. The lowest BCUT2D eigenvalue weighted by Crippen LogP contribution is -2.29. The molecular weight excluding hydrogens is 534 g/mol. The van der Waals surface area contributed by atoms with Crippen molar-refractivity contribution in [1.82, 2.24) is 4.90 Å². The smallest absolute Gasteiger partial charge is 0.293 e. The number of hydrogen-bond acceptors (Lipinski definition) is 5. The number of rotatable bonds is 8. The van der Waals surface area contributed by atoms with Crippen molar-refractivity contribution in [2.75, 3.05) is 20.3 Å². The molecule has 0 atom stereocenters. The second-order valence-corrected chi connectivity index (χ2v) is 9.47. The molecule has 1 aliphatic rings. The number of methoxy groups -OCH3 is 1. The van der Waals surface area contributed by atoms with E-state index in [0.29, 0.717) is 36.8 Å². The molecule has 0 aliphatic carbocycles. The van der Waals surface area contributed by atoms with Gasteiger partial charge in [0.2, 0.25) is 0 Å². The largest absolute Gasteiger partial charge is 0.487 e. The Bertz CT molecular complexity index is 953. The molecule has 158 valence electrons. The SMILES string of the molecule is COCCCN1C(=O)S/C(=C/c2cc(Br)c(OCc3ccc(C)cc3)c(Br)c2)C1=O. The summed E-state index contributed by atoms with van der Waals surface area (Å²) < 4.78 is 12.5. The van der Waals surface area contributed by atoms with E-state index in [1.807, 2.05) is 43.3 Å². The highest BCUT2D eigenvalue weighted by molar-refractivity contribution is 9.11. The van der Waals surface area contributed by atoms with Crippen LogP contribution in [0.4, 0.5) is 4.79 Å². The van der Waals surface area contributed by atoms with Gasteiger partial charge in [-0.1, -0.05) is 29.8 Å². The van der Waals surface area contributed by atoms with Crippen LogP contribution in [0.25, 0.3) is 6.08 Å². The summed E-state index contributed by atoms with van der Waals surface area (Å²) in [6.45, 7) is 3.35. The molecule has 5 nitrogen and oxygen atoms in total. The maximum absolute atomic E-state index is 12.6. The Labute approximate surface area is 197 Å². The molecule has 1 aliphatic heterocycles. The number of thioether (sulfide) groups is 1. The quantitative estimate of drug-likeness (QED) is 0.288. The van der Waals surface area contributed by atoms with Crippen molar-refractivity contribution in [3.8, 4) is 5.75 Å². The molecule has 2 aromatic carbocycles. The zero-order valence-corrected chi connectivity index (χ0v) is 20.6. The summed E-state index contributed by atoms with van der Waals surface area (Å²) in [5.41, 5.74) is 3.07. The molecule has 0 aromatic heterocycles. The standard InChI is InChI=1S/C22H21Br2NO4S/c1-14-4-6-15(7-5-14)13-29-20-17(23)10-16(11-18(20)24)12-19-21(26)25(22(27)30-19)8-3-9-28-2/h4-7,10-12H,3,8-9,13H2,1-2H3/b19-12+. The molecule has 8 heteroatoms. The number of carbonyl (C=O) groups is 2. The van der Waals surface area contributed by atoms with Crippen LogP contribution < -0.4 is 4.74 Å². The summed E-state index contributed by atoms with van der Waals surface area (Å²) >= 11 is 8.05. The number of ether oxygens (including phenoxy) is 2. The van der Waals surface area contributed by atoms with Crippen molar-refractivity contribution in [2.45, 2.75) is 20.0 Å². The molecule has 0 bridgehead atoms. The first-order valence-corrected chi connectivity index (χ1v) is 11.7. The van der Waals surface area contributed by atoms with Gasteiger partial charge >= 0.3 is 0 Å². The van der Waals surface area contributed by atoms with Gasteiger partial charge in [0, 0.05) is 20.3 Å². The Morgan fingerprint density at radius 2 is 1.77 bits per heavy atom. The van der Waals surface area contributed by atoms with E-state index in [-0.39, 0.29) is 11.1 Å². The van der Waals surface area contributed by atoms with Gasteiger partial charge in [-0.3, -0.25) is 14.5 Å². The van der Waals surface area contributed by atoms with Gasteiger partial charge in [0.05, 0.1) is 13.9 Å². The van der Waals surface area contributed by atoms with E-state index in [4.69, 9.17) is 9.47 Å². The van der Waals surface area contributed by atoms with Crippen LogP contribution in [-0.4, -0.2) is 36.3 Å². The monoisotopic (exact) mass is 553 g/mol. The molecule has 3 rings (SSSR count). The molecule has 2 aromatic rings. The van der Waals surface area contributed by atoms with Gasteiger partial charge < -0.3 is 9.47 Å². The number of amides is 2. The van der Waals surface area contributed by atoms with Crippen molar-refractivity contribution in [3.05, 3.63) is 66.9 Å². The van der Waals surface area contributed by atoms with E-state index in [1.165, 1.54) is 10.5 Å². The summed E-state index contributed by atoms with van der Waals surface area (Å²) in [5, 5.41) is -0.251. The predicted octanol–water partition coefficient (Wildman–Crippen LogP) is 6.17. The number of hydrogen-bond donors (Lipinski definition) is 0. The van der Waals surface area contributed by atoms with E-state index in [1.54, 1.807) is 13.2 Å². The van der Waals surface area contributed by atoms with Gasteiger partial charge in [0.25, 0.3) is 11.1 Å². The maximum Gasteiger partial charge on any atom is 0.293 e. The lowest BCUT2D eigenvalue weighted by atomic mass is 10.1. The summed E-state index contributed by atoms with van der Waals surface area (Å²) in [6.07, 6.45) is 2.34. The van der Waals surface area contributed by atoms with Crippen molar-refractivity contribution in [3.63, 3.8) is 0 Å². The Morgan fingerprint density at radius 3 is 2.40 bits per heavy atom. The van der Waals surface area contributed by atoms with Crippen molar-refractivity contribution < 1.29 is 19.1 Å². The van der Waals surface area contributed by atoms with E-state index in [2.05, 4.69) is 31.9 Å². The maximum atomic E-state index is 12.6. The van der Waals surface area contributed by atoms with Crippen LogP contribution in [0.2, 0.25) is 0 Å². The van der Waals surface area contributed by atoms with Crippen LogP contribution in [0.1, 0.15) is 23.1 Å². The molecule has 1 heterocycles. The van der Waals surface area contributed by atoms with E-state index in [0.717, 1.165) is 31.8 Å². The molecule has 0 radical (unpaired) electrons. The summed E-state index contributed by atoms with van der Waals surface area (Å²) in [6, 6.07) is 11.9. The number of nitrogens with zero attached hydrogens (tertiary/aromatic N) is 1. The van der Waals surface area contributed by atoms with Crippen molar-refractivity contribution >= 4 is 60.8 Å². The van der Waals surface area contributed by atoms with Gasteiger partial charge in [0.15, 0.2) is 0 Å². The molecule has 30 heavy (non-hydrogen) atoms. The molecule has 2 amide bonds. The molecule has 1 fully saturated rings. The Kier molecular flexibility index (Phi) is 8.16. The summed E-state index contributed by atoms with van der Waals surface area (Å²) in [7, 11) is 1.59. The minimum absolute atomic E-state index is 0.251. The van der Waals surface area contributed by atoms with Crippen LogP contribution in [-0.2, 0) is 16.1 Å². The first-order chi connectivity index (χ1) is 14.4. The number of aryl methyl sites for hydroxylation is 1. The van der Waals surface area contributed by atoms with Gasteiger partial charge in [0.1, 0.15) is 12.4 Å². The molecular formula is C22H21Br2NO4S. The first-order valence-electron chi connectivity index (χ1n) is 9.30. The molecule has 1 saturated heterocycles. The number of benzene rings is 2. The zero-order chi connectivity index (χ0) is 21.7. The van der Waals surface area contributed by atoms with Crippen molar-refractivity contribution in [1.29, 1.82) is 0 Å². The minimum atomic E-state index is -0.270. The van der Waals surface area contributed by atoms with E-state index < -0.39 is 0 Å². The lowest BCUT2D eigenvalue weighted by molar-refractivity contribution is -0.122.